The number of amides is 1. The molecular formula is C23H24FN3O3S. The van der Waals surface area contributed by atoms with E-state index in [9.17, 15) is 14.3 Å². The molecule has 6 nitrogen and oxygen atoms in total. The number of benzene rings is 2. The Hall–Kier alpha value is -2.68. The van der Waals surface area contributed by atoms with Crippen LogP contribution in [0.2, 0.25) is 0 Å². The Kier molecular flexibility index (Phi) is 6.41. The van der Waals surface area contributed by atoms with Crippen LogP contribution in [0.5, 0.6) is 0 Å². The predicted octanol–water partition coefficient (Wildman–Crippen LogP) is 3.90. The number of aromatic nitrogens is 2. The summed E-state index contributed by atoms with van der Waals surface area (Å²) in [5.74, 6) is 0.946. The van der Waals surface area contributed by atoms with Crippen LogP contribution < -0.4 is 4.90 Å². The number of carbonyl (C=O) groups is 1. The summed E-state index contributed by atoms with van der Waals surface area (Å²) in [6, 6.07) is 11.7. The van der Waals surface area contributed by atoms with Crippen LogP contribution in [0.15, 0.2) is 54.9 Å². The Morgan fingerprint density at radius 1 is 1.29 bits per heavy atom. The van der Waals surface area contributed by atoms with Crippen molar-refractivity contribution >= 4 is 23.4 Å². The average molecular weight is 442 g/mol. The second-order valence-corrected chi connectivity index (χ2v) is 8.52. The number of aliphatic hydroxyl groups is 1. The van der Waals surface area contributed by atoms with Crippen molar-refractivity contribution in [2.75, 3.05) is 17.3 Å². The molecule has 2 unspecified atom stereocenters. The van der Waals surface area contributed by atoms with Crippen molar-refractivity contribution in [1.29, 1.82) is 0 Å². The van der Waals surface area contributed by atoms with Gasteiger partial charge in [-0.1, -0.05) is 18.2 Å². The van der Waals surface area contributed by atoms with Gasteiger partial charge in [-0.15, -0.1) is 11.8 Å². The third-order valence-electron chi connectivity index (χ3n) is 5.31. The van der Waals surface area contributed by atoms with Crippen LogP contribution >= 0.6 is 11.8 Å². The van der Waals surface area contributed by atoms with E-state index in [1.165, 1.54) is 23.9 Å². The Bertz CT molecular complexity index is 1070. The van der Waals surface area contributed by atoms with Gasteiger partial charge in [0.2, 0.25) is 5.91 Å². The van der Waals surface area contributed by atoms with Crippen LogP contribution in [0.1, 0.15) is 34.2 Å². The molecule has 3 aromatic rings. The lowest BCUT2D eigenvalue weighted by Gasteiger charge is -2.26. The third-order valence-corrected chi connectivity index (χ3v) is 6.52. The molecule has 0 radical (unpaired) electrons. The van der Waals surface area contributed by atoms with Crippen LogP contribution in [0.25, 0.3) is 0 Å². The SMILES string of the molecule is Cc1cc(C(O)OCCc2nccn2C)ccc1N1C(=O)CSC1c1ccc(F)cc1. The van der Waals surface area contributed by atoms with Crippen LogP contribution in [-0.2, 0) is 23.0 Å². The van der Waals surface area contributed by atoms with Gasteiger partial charge in [0, 0.05) is 37.1 Å². The number of rotatable bonds is 7. The largest absolute Gasteiger partial charge is 0.364 e. The van der Waals surface area contributed by atoms with Gasteiger partial charge in [0.15, 0.2) is 6.29 Å². The van der Waals surface area contributed by atoms with Gasteiger partial charge in [0.25, 0.3) is 0 Å². The van der Waals surface area contributed by atoms with E-state index in [4.69, 9.17) is 4.74 Å². The van der Waals surface area contributed by atoms with E-state index >= 15 is 0 Å². The van der Waals surface area contributed by atoms with Crippen molar-refractivity contribution < 1.29 is 19.0 Å². The Balaban J connectivity index is 1.47. The topological polar surface area (TPSA) is 67.6 Å². The minimum atomic E-state index is -1.07. The zero-order valence-electron chi connectivity index (χ0n) is 17.4. The molecule has 0 saturated carbocycles. The number of ether oxygens (including phenoxy) is 1. The van der Waals surface area contributed by atoms with Gasteiger partial charge in [-0.25, -0.2) is 9.37 Å². The van der Waals surface area contributed by atoms with Gasteiger partial charge >= 0.3 is 0 Å². The molecule has 31 heavy (non-hydrogen) atoms. The summed E-state index contributed by atoms with van der Waals surface area (Å²) in [6.45, 7) is 2.23. The molecule has 162 valence electrons. The molecule has 1 fully saturated rings. The first-order valence-electron chi connectivity index (χ1n) is 9.99. The Morgan fingerprint density at radius 3 is 2.74 bits per heavy atom. The molecule has 1 N–H and O–H groups in total. The Labute approximate surface area is 184 Å². The number of nitrogens with zero attached hydrogens (tertiary/aromatic N) is 3. The maximum Gasteiger partial charge on any atom is 0.238 e. The molecule has 1 aromatic heterocycles. The van der Waals surface area contributed by atoms with E-state index in [0.29, 0.717) is 24.3 Å². The molecule has 2 aromatic carbocycles. The molecule has 1 saturated heterocycles. The molecular weight excluding hydrogens is 417 g/mol. The van der Waals surface area contributed by atoms with Gasteiger partial charge < -0.3 is 14.4 Å². The van der Waals surface area contributed by atoms with Crippen molar-refractivity contribution in [1.82, 2.24) is 9.55 Å². The van der Waals surface area contributed by atoms with Crippen molar-refractivity contribution in [3.63, 3.8) is 0 Å². The first-order valence-corrected chi connectivity index (χ1v) is 11.0. The van der Waals surface area contributed by atoms with Crippen molar-refractivity contribution in [2.24, 2.45) is 7.05 Å². The van der Waals surface area contributed by atoms with Crippen LogP contribution in [-0.4, -0.2) is 32.9 Å². The summed E-state index contributed by atoms with van der Waals surface area (Å²) >= 11 is 1.51. The second kappa shape index (κ2) is 9.21. The van der Waals surface area contributed by atoms with Crippen molar-refractivity contribution in [2.45, 2.75) is 25.0 Å². The fourth-order valence-corrected chi connectivity index (χ4v) is 4.83. The summed E-state index contributed by atoms with van der Waals surface area (Å²) in [7, 11) is 1.91. The van der Waals surface area contributed by atoms with Crippen molar-refractivity contribution in [3.05, 3.63) is 83.2 Å². The standard InChI is InChI=1S/C23H24FN3O3S/c1-15-13-17(23(29)30-12-9-20-25-10-11-26(20)2)5-8-19(15)27-21(28)14-31-22(27)16-3-6-18(24)7-4-16/h3-8,10-11,13,22-23,29H,9,12,14H2,1-2H3. The normalized spacial score (nSPS) is 17.4. The molecule has 0 bridgehead atoms. The van der Waals surface area contributed by atoms with E-state index in [-0.39, 0.29) is 17.1 Å². The molecule has 4 rings (SSSR count). The maximum absolute atomic E-state index is 13.3. The average Bonchev–Trinajstić information content (AvgIpc) is 3.34. The van der Waals surface area contributed by atoms with E-state index in [1.54, 1.807) is 29.3 Å². The predicted molar refractivity (Wildman–Crippen MR) is 118 cm³/mol. The summed E-state index contributed by atoms with van der Waals surface area (Å²) < 4.78 is 20.8. The van der Waals surface area contributed by atoms with Gasteiger partial charge in [0.1, 0.15) is 17.0 Å². The van der Waals surface area contributed by atoms with E-state index in [0.717, 1.165) is 22.6 Å². The lowest BCUT2D eigenvalue weighted by atomic mass is 10.1. The molecule has 1 aliphatic heterocycles. The zero-order valence-corrected chi connectivity index (χ0v) is 18.2. The highest BCUT2D eigenvalue weighted by molar-refractivity contribution is 8.00. The van der Waals surface area contributed by atoms with Crippen molar-refractivity contribution in [3.8, 4) is 0 Å². The van der Waals surface area contributed by atoms with E-state index in [1.807, 2.05) is 36.9 Å². The number of hydrogen-bond acceptors (Lipinski definition) is 5. The van der Waals surface area contributed by atoms with Crippen LogP contribution in [0, 0.1) is 12.7 Å². The van der Waals surface area contributed by atoms with E-state index in [2.05, 4.69) is 4.98 Å². The molecule has 8 heteroatoms. The van der Waals surface area contributed by atoms with Crippen LogP contribution in [0.4, 0.5) is 10.1 Å². The summed E-state index contributed by atoms with van der Waals surface area (Å²) in [4.78, 5) is 18.6. The quantitative estimate of drug-likeness (QED) is 0.564. The highest BCUT2D eigenvalue weighted by atomic mass is 32.2. The second-order valence-electron chi connectivity index (χ2n) is 7.45. The van der Waals surface area contributed by atoms with Gasteiger partial charge in [-0.2, -0.15) is 0 Å². The lowest BCUT2D eigenvalue weighted by Crippen LogP contribution is -2.28. The Morgan fingerprint density at radius 2 is 2.06 bits per heavy atom. The molecule has 1 aliphatic rings. The highest BCUT2D eigenvalue weighted by Gasteiger charge is 2.35. The summed E-state index contributed by atoms with van der Waals surface area (Å²) in [5, 5.41) is 10.2. The maximum atomic E-state index is 13.3. The minimum absolute atomic E-state index is 0.00189. The zero-order chi connectivity index (χ0) is 22.0. The number of imidazole rings is 1. The first kappa shape index (κ1) is 21.5. The monoisotopic (exact) mass is 441 g/mol. The lowest BCUT2D eigenvalue weighted by molar-refractivity contribution is -0.115. The molecule has 2 heterocycles. The van der Waals surface area contributed by atoms with Crippen LogP contribution in [0.3, 0.4) is 0 Å². The third kappa shape index (κ3) is 4.66. The number of carbonyl (C=O) groups excluding carboxylic acids is 1. The number of anilines is 1. The molecule has 2 atom stereocenters. The number of thioether (sulfide) groups is 1. The van der Waals surface area contributed by atoms with Gasteiger partial charge in [0.05, 0.1) is 12.4 Å². The molecule has 0 spiro atoms. The highest BCUT2D eigenvalue weighted by Crippen LogP contribution is 2.43. The summed E-state index contributed by atoms with van der Waals surface area (Å²) in [6.07, 6.45) is 3.12. The fourth-order valence-electron chi connectivity index (χ4n) is 3.66. The van der Waals surface area contributed by atoms with E-state index < -0.39 is 6.29 Å². The number of aliphatic hydroxyl groups excluding tert-OH is 1. The molecule has 1 amide bonds. The number of halogens is 1. The summed E-state index contributed by atoms with van der Waals surface area (Å²) in [5.41, 5.74) is 3.12. The fraction of sp³-hybridized carbons (Fsp3) is 0.304. The molecule has 0 aliphatic carbocycles. The van der Waals surface area contributed by atoms with Gasteiger partial charge in [-0.3, -0.25) is 9.69 Å². The first-order chi connectivity index (χ1) is 14.9. The number of hydrogen-bond donors (Lipinski definition) is 1. The number of aryl methyl sites for hydroxylation is 2. The minimum Gasteiger partial charge on any atom is -0.364 e. The van der Waals surface area contributed by atoms with Gasteiger partial charge in [-0.05, 0) is 42.3 Å². The smallest absolute Gasteiger partial charge is 0.238 e.